The van der Waals surface area contributed by atoms with Crippen LogP contribution in [0.25, 0.3) is 108 Å². The number of benzene rings is 9. The molecule has 0 spiro atoms. The summed E-state index contributed by atoms with van der Waals surface area (Å²) in [6.07, 6.45) is 0. The number of hydrogen-bond acceptors (Lipinski definition) is 3. The molecule has 0 N–H and O–H groups in total. The van der Waals surface area contributed by atoms with Crippen LogP contribution in [-0.2, 0) is 5.41 Å². The van der Waals surface area contributed by atoms with Crippen LogP contribution in [0.5, 0.6) is 0 Å². The SMILES string of the molecule is CC1(C)c2cc(-c3c4ccccc4c(-c4nc(-c5ccccc5)c5sc6ccccc6c5n4)c4ccccc34)ccc2-c2c1c1ccccc1c1ccccc21. The van der Waals surface area contributed by atoms with Crippen LogP contribution in [0.3, 0.4) is 0 Å². The summed E-state index contributed by atoms with van der Waals surface area (Å²) >= 11 is 1.77. The van der Waals surface area contributed by atoms with Gasteiger partial charge in [-0.3, -0.25) is 0 Å². The van der Waals surface area contributed by atoms with Crippen molar-refractivity contribution in [2.45, 2.75) is 19.3 Å². The second-order valence-corrected chi connectivity index (χ2v) is 16.7. The van der Waals surface area contributed by atoms with Crippen molar-refractivity contribution in [3.63, 3.8) is 0 Å². The molecule has 0 radical (unpaired) electrons. The van der Waals surface area contributed by atoms with Crippen molar-refractivity contribution in [2.24, 2.45) is 0 Å². The topological polar surface area (TPSA) is 25.8 Å². The van der Waals surface area contributed by atoms with Crippen molar-refractivity contribution < 1.29 is 0 Å². The average Bonchev–Trinajstić information content (AvgIpc) is 3.74. The van der Waals surface area contributed by atoms with Crippen molar-refractivity contribution in [3.05, 3.63) is 181 Å². The molecule has 1 aliphatic carbocycles. The van der Waals surface area contributed by atoms with E-state index >= 15 is 0 Å². The number of nitrogens with zero attached hydrogens (tertiary/aromatic N) is 2. The normalized spacial score (nSPS) is 13.3. The molecule has 262 valence electrons. The monoisotopic (exact) mass is 730 g/mol. The van der Waals surface area contributed by atoms with E-state index in [2.05, 4.69) is 184 Å². The molecule has 0 bridgehead atoms. The van der Waals surface area contributed by atoms with Crippen LogP contribution in [0.2, 0.25) is 0 Å². The lowest BCUT2D eigenvalue weighted by Crippen LogP contribution is -2.15. The zero-order valence-electron chi connectivity index (χ0n) is 31.0. The van der Waals surface area contributed by atoms with Crippen LogP contribution in [-0.4, -0.2) is 9.97 Å². The van der Waals surface area contributed by atoms with Gasteiger partial charge in [-0.25, -0.2) is 9.97 Å². The minimum absolute atomic E-state index is 0.198. The summed E-state index contributed by atoms with van der Waals surface area (Å²) in [5.41, 5.74) is 11.9. The second kappa shape index (κ2) is 11.7. The maximum atomic E-state index is 5.48. The maximum Gasteiger partial charge on any atom is 0.161 e. The zero-order chi connectivity index (χ0) is 37.1. The van der Waals surface area contributed by atoms with Gasteiger partial charge in [0.2, 0.25) is 0 Å². The lowest BCUT2D eigenvalue weighted by molar-refractivity contribution is 0.667. The Morgan fingerprint density at radius 2 is 0.946 bits per heavy atom. The predicted molar refractivity (Wildman–Crippen MR) is 239 cm³/mol. The fourth-order valence-electron chi connectivity index (χ4n) is 9.81. The summed E-state index contributed by atoms with van der Waals surface area (Å²) in [6.45, 7) is 4.82. The van der Waals surface area contributed by atoms with E-state index in [-0.39, 0.29) is 5.41 Å². The summed E-state index contributed by atoms with van der Waals surface area (Å²) in [5.74, 6) is 0.753. The van der Waals surface area contributed by atoms with E-state index in [1.54, 1.807) is 11.3 Å². The average molecular weight is 731 g/mol. The Hall–Kier alpha value is -6.68. The molecule has 0 amide bonds. The Balaban J connectivity index is 1.14. The maximum absolute atomic E-state index is 5.48. The van der Waals surface area contributed by atoms with Gasteiger partial charge in [-0.1, -0.05) is 172 Å². The quantitative estimate of drug-likeness (QED) is 0.134. The second-order valence-electron chi connectivity index (χ2n) is 15.6. The van der Waals surface area contributed by atoms with E-state index < -0.39 is 0 Å². The molecule has 0 saturated carbocycles. The van der Waals surface area contributed by atoms with Gasteiger partial charge in [0.1, 0.15) is 0 Å². The summed E-state index contributed by atoms with van der Waals surface area (Å²) in [7, 11) is 0. The molecule has 3 heteroatoms. The van der Waals surface area contributed by atoms with Gasteiger partial charge >= 0.3 is 0 Å². The lowest BCUT2D eigenvalue weighted by Gasteiger charge is -2.25. The third-order valence-electron chi connectivity index (χ3n) is 12.2. The highest BCUT2D eigenvalue weighted by molar-refractivity contribution is 7.26. The number of thiophene rings is 1. The van der Waals surface area contributed by atoms with Crippen LogP contribution < -0.4 is 0 Å². The van der Waals surface area contributed by atoms with Crippen molar-refractivity contribution >= 4 is 74.7 Å². The largest absolute Gasteiger partial charge is 0.226 e. The molecule has 56 heavy (non-hydrogen) atoms. The van der Waals surface area contributed by atoms with Crippen molar-refractivity contribution in [1.82, 2.24) is 9.97 Å². The van der Waals surface area contributed by atoms with Crippen LogP contribution in [0.4, 0.5) is 0 Å². The smallest absolute Gasteiger partial charge is 0.161 e. The first kappa shape index (κ1) is 31.6. The fraction of sp³-hybridized carbons (Fsp3) is 0.0566. The molecular weight excluding hydrogens is 697 g/mol. The number of aromatic nitrogens is 2. The molecule has 0 fully saturated rings. The molecule has 11 aromatic rings. The molecule has 9 aromatic carbocycles. The highest BCUT2D eigenvalue weighted by Gasteiger charge is 2.39. The van der Waals surface area contributed by atoms with E-state index in [0.29, 0.717) is 0 Å². The Bertz CT molecular complexity index is 3390. The van der Waals surface area contributed by atoms with Gasteiger partial charge in [0, 0.05) is 26.6 Å². The highest BCUT2D eigenvalue weighted by Crippen LogP contribution is 2.56. The minimum Gasteiger partial charge on any atom is -0.226 e. The van der Waals surface area contributed by atoms with Gasteiger partial charge in [0.25, 0.3) is 0 Å². The molecule has 0 saturated heterocycles. The molecule has 0 atom stereocenters. The zero-order valence-corrected chi connectivity index (χ0v) is 31.8. The van der Waals surface area contributed by atoms with E-state index in [1.807, 2.05) is 0 Å². The van der Waals surface area contributed by atoms with E-state index in [1.165, 1.54) is 75.8 Å². The van der Waals surface area contributed by atoms with Crippen molar-refractivity contribution in [2.75, 3.05) is 0 Å². The molecule has 0 unspecified atom stereocenters. The summed E-state index contributed by atoms with van der Waals surface area (Å²) in [4.78, 5) is 10.9. The Morgan fingerprint density at radius 3 is 1.61 bits per heavy atom. The number of hydrogen-bond donors (Lipinski definition) is 0. The van der Waals surface area contributed by atoms with E-state index in [9.17, 15) is 0 Å². The molecule has 2 aromatic heterocycles. The van der Waals surface area contributed by atoms with Crippen molar-refractivity contribution in [1.29, 1.82) is 0 Å². The highest BCUT2D eigenvalue weighted by atomic mass is 32.1. The molecule has 2 heterocycles. The van der Waals surface area contributed by atoms with Crippen LogP contribution in [0.15, 0.2) is 170 Å². The third-order valence-corrected chi connectivity index (χ3v) is 13.4. The summed E-state index contributed by atoms with van der Waals surface area (Å²) in [5, 5.41) is 11.2. The number of rotatable bonds is 3. The summed E-state index contributed by atoms with van der Waals surface area (Å²) < 4.78 is 2.34. The van der Waals surface area contributed by atoms with Gasteiger partial charge in [-0.15, -0.1) is 11.3 Å². The number of fused-ring (bicyclic) bond motifs is 13. The molecule has 2 nitrogen and oxygen atoms in total. The first-order valence-electron chi connectivity index (χ1n) is 19.3. The van der Waals surface area contributed by atoms with Crippen molar-refractivity contribution in [3.8, 4) is 44.9 Å². The third kappa shape index (κ3) is 4.32. The summed E-state index contributed by atoms with van der Waals surface area (Å²) in [6, 6.07) is 62.0. The molecule has 0 aliphatic heterocycles. The van der Waals surface area contributed by atoms with Crippen LogP contribution in [0.1, 0.15) is 25.0 Å². The van der Waals surface area contributed by atoms with Gasteiger partial charge < -0.3 is 0 Å². The van der Waals surface area contributed by atoms with Gasteiger partial charge in [-0.2, -0.15) is 0 Å². The van der Waals surface area contributed by atoms with Gasteiger partial charge in [0.15, 0.2) is 5.82 Å². The Morgan fingerprint density at radius 1 is 0.429 bits per heavy atom. The molecule has 1 aliphatic rings. The van der Waals surface area contributed by atoms with Gasteiger partial charge in [0.05, 0.1) is 15.9 Å². The first-order chi connectivity index (χ1) is 27.6. The Kier molecular flexibility index (Phi) is 6.59. The fourth-order valence-corrected chi connectivity index (χ4v) is 11.0. The van der Waals surface area contributed by atoms with E-state index in [4.69, 9.17) is 9.97 Å². The standard InChI is InChI=1S/C53H34N2S/c1-53(2)43-30-32(28-29-41(43)46-35-20-8-6-18-33(35)34-19-7-13-25-40(34)48(46)53)45-36-21-9-11-23-38(36)47(39-24-12-10-22-37(39)45)52-54-49(31-16-4-3-5-17-31)51-50(55-52)42-26-14-15-27-44(42)56-51/h3-30H,1-2H3. The Labute approximate surface area is 328 Å². The molecular formula is C53H34N2S. The predicted octanol–water partition coefficient (Wildman–Crippen LogP) is 14.8. The minimum atomic E-state index is -0.198. The van der Waals surface area contributed by atoms with Crippen LogP contribution >= 0.6 is 11.3 Å². The first-order valence-corrected chi connectivity index (χ1v) is 20.2. The lowest BCUT2D eigenvalue weighted by atomic mass is 9.78. The molecule has 12 rings (SSSR count). The van der Waals surface area contributed by atoms with E-state index in [0.717, 1.165) is 43.6 Å². The van der Waals surface area contributed by atoms with Gasteiger partial charge in [-0.05, 0) is 88.6 Å². The van der Waals surface area contributed by atoms with Crippen LogP contribution in [0, 0.1) is 0 Å².